The van der Waals surface area contributed by atoms with Crippen LogP contribution >= 0.6 is 0 Å². The van der Waals surface area contributed by atoms with Crippen LogP contribution in [0.4, 0.5) is 8.78 Å². The summed E-state index contributed by atoms with van der Waals surface area (Å²) in [4.78, 5) is 0. The number of halogens is 2. The van der Waals surface area contributed by atoms with Gasteiger partial charge in [-0.3, -0.25) is 0 Å². The standard InChI is InChI=1S/C16H19F2N3O/c1-11-10-15(12-6-8-19-9-7-12)20-21(11)13-2-4-14(5-3-13)22-16(17)18/h2-5,10,12,16,19H,6-9H2,1H3. The molecule has 0 amide bonds. The summed E-state index contributed by atoms with van der Waals surface area (Å²) >= 11 is 0. The Kier molecular flexibility index (Phi) is 4.38. The zero-order chi connectivity index (χ0) is 15.5. The molecule has 1 saturated heterocycles. The van der Waals surface area contributed by atoms with Gasteiger partial charge in [-0.05, 0) is 63.2 Å². The third kappa shape index (κ3) is 3.27. The molecule has 1 aromatic heterocycles. The fourth-order valence-electron chi connectivity index (χ4n) is 2.85. The molecule has 0 spiro atoms. The highest BCUT2D eigenvalue weighted by molar-refractivity contribution is 5.38. The fourth-order valence-corrected chi connectivity index (χ4v) is 2.85. The number of nitrogens with zero attached hydrogens (tertiary/aromatic N) is 2. The van der Waals surface area contributed by atoms with Gasteiger partial charge in [0.05, 0.1) is 11.4 Å². The summed E-state index contributed by atoms with van der Waals surface area (Å²) in [6, 6.07) is 8.66. The van der Waals surface area contributed by atoms with Crippen molar-refractivity contribution < 1.29 is 13.5 Å². The van der Waals surface area contributed by atoms with E-state index in [0.717, 1.165) is 43.0 Å². The van der Waals surface area contributed by atoms with Gasteiger partial charge >= 0.3 is 6.61 Å². The first-order valence-electron chi connectivity index (χ1n) is 7.46. The molecule has 3 rings (SSSR count). The zero-order valence-corrected chi connectivity index (χ0v) is 12.4. The average molecular weight is 307 g/mol. The lowest BCUT2D eigenvalue weighted by atomic mass is 9.95. The van der Waals surface area contributed by atoms with Gasteiger partial charge in [0, 0.05) is 11.6 Å². The molecule has 1 aliphatic heterocycles. The Balaban J connectivity index is 1.80. The van der Waals surface area contributed by atoms with Gasteiger partial charge in [0.25, 0.3) is 0 Å². The molecule has 0 radical (unpaired) electrons. The summed E-state index contributed by atoms with van der Waals surface area (Å²) in [6.45, 7) is 1.25. The van der Waals surface area contributed by atoms with Gasteiger partial charge < -0.3 is 10.1 Å². The topological polar surface area (TPSA) is 39.1 Å². The highest BCUT2D eigenvalue weighted by Gasteiger charge is 2.19. The van der Waals surface area contributed by atoms with Crippen LogP contribution in [-0.4, -0.2) is 29.5 Å². The van der Waals surface area contributed by atoms with Crippen molar-refractivity contribution in [1.82, 2.24) is 15.1 Å². The van der Waals surface area contributed by atoms with Crippen LogP contribution in [-0.2, 0) is 0 Å². The second kappa shape index (κ2) is 6.44. The summed E-state index contributed by atoms with van der Waals surface area (Å²) in [6.07, 6.45) is 2.19. The van der Waals surface area contributed by atoms with Gasteiger partial charge in [-0.2, -0.15) is 13.9 Å². The molecule has 0 aliphatic carbocycles. The van der Waals surface area contributed by atoms with Crippen molar-refractivity contribution in [2.75, 3.05) is 13.1 Å². The summed E-state index contributed by atoms with van der Waals surface area (Å²) in [5, 5.41) is 8.04. The van der Waals surface area contributed by atoms with Crippen LogP contribution in [0.3, 0.4) is 0 Å². The number of ether oxygens (including phenoxy) is 1. The van der Waals surface area contributed by atoms with Crippen molar-refractivity contribution in [3.05, 3.63) is 41.7 Å². The van der Waals surface area contributed by atoms with E-state index in [1.165, 1.54) is 12.1 Å². The van der Waals surface area contributed by atoms with Gasteiger partial charge in [0.15, 0.2) is 0 Å². The summed E-state index contributed by atoms with van der Waals surface area (Å²) in [5.41, 5.74) is 2.99. The van der Waals surface area contributed by atoms with E-state index in [0.29, 0.717) is 5.92 Å². The molecule has 1 fully saturated rings. The first kappa shape index (κ1) is 15.0. The average Bonchev–Trinajstić information content (AvgIpc) is 2.90. The Morgan fingerprint density at radius 1 is 1.23 bits per heavy atom. The number of nitrogens with one attached hydrogen (secondary N) is 1. The van der Waals surface area contributed by atoms with Gasteiger partial charge in [-0.1, -0.05) is 0 Å². The maximum absolute atomic E-state index is 12.2. The molecule has 6 heteroatoms. The Bertz CT molecular complexity index is 619. The molecular weight excluding hydrogens is 288 g/mol. The molecule has 2 aromatic rings. The van der Waals surface area contributed by atoms with Gasteiger partial charge in [0.2, 0.25) is 0 Å². The molecule has 0 bridgehead atoms. The summed E-state index contributed by atoms with van der Waals surface area (Å²) < 4.78 is 30.6. The lowest BCUT2D eigenvalue weighted by molar-refractivity contribution is -0.0498. The number of alkyl halides is 2. The van der Waals surface area contributed by atoms with E-state index >= 15 is 0 Å². The van der Waals surface area contributed by atoms with Crippen molar-refractivity contribution >= 4 is 0 Å². The molecular formula is C16H19F2N3O. The monoisotopic (exact) mass is 307 g/mol. The molecule has 0 unspecified atom stereocenters. The van der Waals surface area contributed by atoms with Crippen LogP contribution in [0.5, 0.6) is 5.75 Å². The van der Waals surface area contributed by atoms with Crippen molar-refractivity contribution in [2.24, 2.45) is 0 Å². The van der Waals surface area contributed by atoms with Crippen molar-refractivity contribution in [3.8, 4) is 11.4 Å². The van der Waals surface area contributed by atoms with E-state index in [9.17, 15) is 8.78 Å². The Morgan fingerprint density at radius 3 is 2.55 bits per heavy atom. The maximum atomic E-state index is 12.2. The third-order valence-corrected chi connectivity index (χ3v) is 3.97. The number of piperidine rings is 1. The molecule has 0 atom stereocenters. The molecule has 1 N–H and O–H groups in total. The van der Waals surface area contributed by atoms with Gasteiger partial charge in [-0.15, -0.1) is 0 Å². The van der Waals surface area contributed by atoms with E-state index in [1.807, 2.05) is 11.6 Å². The number of benzene rings is 1. The molecule has 22 heavy (non-hydrogen) atoms. The van der Waals surface area contributed by atoms with Crippen molar-refractivity contribution in [1.29, 1.82) is 0 Å². The summed E-state index contributed by atoms with van der Waals surface area (Å²) in [5.74, 6) is 0.643. The van der Waals surface area contributed by atoms with Crippen LogP contribution in [0.1, 0.15) is 30.1 Å². The number of aromatic nitrogens is 2. The predicted octanol–water partition coefficient (Wildman–Crippen LogP) is 3.25. The van der Waals surface area contributed by atoms with Gasteiger partial charge in [0.1, 0.15) is 5.75 Å². The predicted molar refractivity (Wildman–Crippen MR) is 79.8 cm³/mol. The Hall–Kier alpha value is -1.95. The largest absolute Gasteiger partial charge is 0.435 e. The summed E-state index contributed by atoms with van der Waals surface area (Å²) in [7, 11) is 0. The van der Waals surface area contributed by atoms with E-state index in [1.54, 1.807) is 12.1 Å². The Labute approximate surface area is 128 Å². The van der Waals surface area contributed by atoms with Crippen LogP contribution in [0.25, 0.3) is 5.69 Å². The van der Waals surface area contributed by atoms with E-state index in [-0.39, 0.29) is 5.75 Å². The quantitative estimate of drug-likeness (QED) is 0.942. The number of hydrogen-bond acceptors (Lipinski definition) is 3. The van der Waals surface area contributed by atoms with Crippen LogP contribution in [0.2, 0.25) is 0 Å². The second-order valence-corrected chi connectivity index (χ2v) is 5.52. The first-order chi connectivity index (χ1) is 10.6. The third-order valence-electron chi connectivity index (χ3n) is 3.97. The lowest BCUT2D eigenvalue weighted by Gasteiger charge is -2.20. The van der Waals surface area contributed by atoms with Crippen LogP contribution < -0.4 is 10.1 Å². The highest BCUT2D eigenvalue weighted by atomic mass is 19.3. The second-order valence-electron chi connectivity index (χ2n) is 5.52. The molecule has 2 heterocycles. The zero-order valence-electron chi connectivity index (χ0n) is 12.4. The van der Waals surface area contributed by atoms with E-state index in [2.05, 4.69) is 16.1 Å². The van der Waals surface area contributed by atoms with E-state index in [4.69, 9.17) is 5.10 Å². The normalized spacial score (nSPS) is 16.2. The van der Waals surface area contributed by atoms with Crippen molar-refractivity contribution in [3.63, 3.8) is 0 Å². The first-order valence-corrected chi connectivity index (χ1v) is 7.46. The number of rotatable bonds is 4. The fraction of sp³-hybridized carbons (Fsp3) is 0.438. The minimum Gasteiger partial charge on any atom is -0.435 e. The van der Waals surface area contributed by atoms with E-state index < -0.39 is 6.61 Å². The van der Waals surface area contributed by atoms with Crippen molar-refractivity contribution in [2.45, 2.75) is 32.3 Å². The minimum absolute atomic E-state index is 0.155. The molecule has 0 saturated carbocycles. The number of aryl methyl sites for hydroxylation is 1. The molecule has 118 valence electrons. The van der Waals surface area contributed by atoms with Gasteiger partial charge in [-0.25, -0.2) is 4.68 Å². The molecule has 1 aliphatic rings. The van der Waals surface area contributed by atoms with Crippen LogP contribution in [0.15, 0.2) is 30.3 Å². The SMILES string of the molecule is Cc1cc(C2CCNCC2)nn1-c1ccc(OC(F)F)cc1. The Morgan fingerprint density at radius 2 is 1.91 bits per heavy atom. The van der Waals surface area contributed by atoms with Crippen LogP contribution in [0, 0.1) is 6.92 Å². The maximum Gasteiger partial charge on any atom is 0.387 e. The number of hydrogen-bond donors (Lipinski definition) is 1. The minimum atomic E-state index is -2.80. The molecule has 1 aromatic carbocycles. The lowest BCUT2D eigenvalue weighted by Crippen LogP contribution is -2.26. The molecule has 4 nitrogen and oxygen atoms in total. The highest BCUT2D eigenvalue weighted by Crippen LogP contribution is 2.26. The smallest absolute Gasteiger partial charge is 0.387 e.